The van der Waals surface area contributed by atoms with E-state index in [0.717, 1.165) is 30.4 Å². The Bertz CT molecular complexity index is 447. The van der Waals surface area contributed by atoms with Crippen LogP contribution in [0.5, 0.6) is 5.75 Å². The quantitative estimate of drug-likeness (QED) is 0.737. The van der Waals surface area contributed by atoms with E-state index in [4.69, 9.17) is 9.47 Å². The first-order valence-electron chi connectivity index (χ1n) is 7.96. The topological polar surface area (TPSA) is 30.5 Å². The van der Waals surface area contributed by atoms with Crippen LogP contribution in [0, 0.1) is 5.92 Å². The molecule has 3 nitrogen and oxygen atoms in total. The van der Waals surface area contributed by atoms with E-state index < -0.39 is 0 Å². The summed E-state index contributed by atoms with van der Waals surface area (Å²) in [5.41, 5.74) is 2.54. The van der Waals surface area contributed by atoms with Crippen molar-refractivity contribution in [3.63, 3.8) is 0 Å². The largest absolute Gasteiger partial charge is 0.496 e. The minimum atomic E-state index is 0.126. The van der Waals surface area contributed by atoms with Gasteiger partial charge < -0.3 is 14.8 Å². The summed E-state index contributed by atoms with van der Waals surface area (Å²) in [4.78, 5) is 0. The smallest absolute Gasteiger partial charge is 0.124 e. The van der Waals surface area contributed by atoms with E-state index in [-0.39, 0.29) is 5.54 Å². The van der Waals surface area contributed by atoms with Gasteiger partial charge in [0.1, 0.15) is 5.75 Å². The molecule has 1 saturated carbocycles. The molecule has 0 saturated heterocycles. The van der Waals surface area contributed by atoms with E-state index >= 15 is 0 Å². The van der Waals surface area contributed by atoms with Crippen LogP contribution in [0.3, 0.4) is 0 Å². The van der Waals surface area contributed by atoms with Crippen LogP contribution in [0.25, 0.3) is 0 Å². The van der Waals surface area contributed by atoms with Crippen LogP contribution < -0.4 is 10.1 Å². The van der Waals surface area contributed by atoms with Gasteiger partial charge in [-0.1, -0.05) is 18.9 Å². The van der Waals surface area contributed by atoms with Gasteiger partial charge in [-0.2, -0.15) is 0 Å². The summed E-state index contributed by atoms with van der Waals surface area (Å²) < 4.78 is 11.2. The number of rotatable bonds is 8. The molecule has 3 heteroatoms. The van der Waals surface area contributed by atoms with Gasteiger partial charge in [-0.25, -0.2) is 0 Å². The van der Waals surface area contributed by atoms with Gasteiger partial charge in [0.2, 0.25) is 0 Å². The van der Waals surface area contributed by atoms with Gasteiger partial charge >= 0.3 is 0 Å². The maximum atomic E-state index is 5.81. The molecule has 0 heterocycles. The molecule has 0 bridgehead atoms. The van der Waals surface area contributed by atoms with Gasteiger partial charge in [0.15, 0.2) is 0 Å². The standard InChI is InChI=1S/C18H29NO2/c1-18(2,3)19-12-15-7-8-17(20-4)16(11-15)13-21-10-9-14-5-6-14/h7-8,11,14,19H,5-6,9-10,12-13H2,1-4H3. The summed E-state index contributed by atoms with van der Waals surface area (Å²) >= 11 is 0. The van der Waals surface area contributed by atoms with Crippen molar-refractivity contribution in [1.29, 1.82) is 0 Å². The van der Waals surface area contributed by atoms with E-state index in [1.165, 1.54) is 24.8 Å². The predicted molar refractivity (Wildman–Crippen MR) is 86.6 cm³/mol. The lowest BCUT2D eigenvalue weighted by Crippen LogP contribution is -2.35. The van der Waals surface area contributed by atoms with Crippen LogP contribution in [0.2, 0.25) is 0 Å². The second-order valence-electron chi connectivity index (χ2n) is 7.03. The average molecular weight is 291 g/mol. The fourth-order valence-corrected chi connectivity index (χ4v) is 2.26. The Hall–Kier alpha value is -1.06. The van der Waals surface area contributed by atoms with E-state index in [2.05, 4.69) is 38.2 Å². The average Bonchev–Trinajstić information content (AvgIpc) is 3.25. The lowest BCUT2D eigenvalue weighted by atomic mass is 10.1. The van der Waals surface area contributed by atoms with Gasteiger partial charge in [-0.05, 0) is 50.8 Å². The summed E-state index contributed by atoms with van der Waals surface area (Å²) in [5.74, 6) is 1.84. The third-order valence-corrected chi connectivity index (χ3v) is 3.79. The second kappa shape index (κ2) is 7.28. The molecule has 1 aromatic carbocycles. The normalized spacial score (nSPS) is 15.2. The highest BCUT2D eigenvalue weighted by Crippen LogP contribution is 2.32. The Labute approximate surface area is 129 Å². The maximum absolute atomic E-state index is 5.81. The van der Waals surface area contributed by atoms with E-state index in [0.29, 0.717) is 6.61 Å². The maximum Gasteiger partial charge on any atom is 0.124 e. The highest BCUT2D eigenvalue weighted by atomic mass is 16.5. The van der Waals surface area contributed by atoms with Crippen molar-refractivity contribution in [2.45, 2.75) is 58.7 Å². The second-order valence-corrected chi connectivity index (χ2v) is 7.03. The number of benzene rings is 1. The molecule has 1 N–H and O–H groups in total. The fraction of sp³-hybridized carbons (Fsp3) is 0.667. The molecule has 0 aliphatic heterocycles. The third kappa shape index (κ3) is 6.06. The first-order chi connectivity index (χ1) is 9.98. The first kappa shape index (κ1) is 16.3. The number of nitrogens with one attached hydrogen (secondary N) is 1. The Balaban J connectivity index is 1.89. The fourth-order valence-electron chi connectivity index (χ4n) is 2.26. The van der Waals surface area contributed by atoms with Crippen LogP contribution in [-0.4, -0.2) is 19.3 Å². The Morgan fingerprint density at radius 3 is 2.62 bits per heavy atom. The monoisotopic (exact) mass is 291 g/mol. The predicted octanol–water partition coefficient (Wildman–Crippen LogP) is 3.90. The Kier molecular flexibility index (Phi) is 5.65. The number of hydrogen-bond donors (Lipinski definition) is 1. The van der Waals surface area contributed by atoms with Gasteiger partial charge in [-0.15, -0.1) is 0 Å². The van der Waals surface area contributed by atoms with Crippen LogP contribution in [0.15, 0.2) is 18.2 Å². The molecule has 0 spiro atoms. The number of ether oxygens (including phenoxy) is 2. The van der Waals surface area contributed by atoms with E-state index in [9.17, 15) is 0 Å². The highest BCUT2D eigenvalue weighted by Gasteiger charge is 2.20. The van der Waals surface area contributed by atoms with Crippen molar-refractivity contribution in [3.05, 3.63) is 29.3 Å². The minimum Gasteiger partial charge on any atom is -0.496 e. The molecular formula is C18H29NO2. The van der Waals surface area contributed by atoms with Gasteiger partial charge in [-0.3, -0.25) is 0 Å². The van der Waals surface area contributed by atoms with Crippen molar-refractivity contribution in [2.24, 2.45) is 5.92 Å². The summed E-state index contributed by atoms with van der Waals surface area (Å²) in [7, 11) is 1.72. The molecule has 1 aromatic rings. The zero-order valence-corrected chi connectivity index (χ0v) is 13.9. The molecule has 2 rings (SSSR count). The molecule has 0 unspecified atom stereocenters. The Morgan fingerprint density at radius 1 is 1.24 bits per heavy atom. The molecule has 1 aliphatic carbocycles. The third-order valence-electron chi connectivity index (χ3n) is 3.79. The molecule has 0 aromatic heterocycles. The molecule has 118 valence electrons. The van der Waals surface area contributed by atoms with Crippen molar-refractivity contribution in [1.82, 2.24) is 5.32 Å². The van der Waals surface area contributed by atoms with Crippen LogP contribution in [0.1, 0.15) is 51.2 Å². The van der Waals surface area contributed by atoms with Crippen molar-refractivity contribution in [3.8, 4) is 5.75 Å². The van der Waals surface area contributed by atoms with Gasteiger partial charge in [0.25, 0.3) is 0 Å². The highest BCUT2D eigenvalue weighted by molar-refractivity contribution is 5.37. The lowest BCUT2D eigenvalue weighted by molar-refractivity contribution is 0.113. The first-order valence-corrected chi connectivity index (χ1v) is 7.96. The molecule has 1 fully saturated rings. The molecule has 21 heavy (non-hydrogen) atoms. The zero-order chi connectivity index (χ0) is 15.3. The molecule has 1 aliphatic rings. The van der Waals surface area contributed by atoms with Crippen LogP contribution in [0.4, 0.5) is 0 Å². The van der Waals surface area contributed by atoms with Crippen molar-refractivity contribution < 1.29 is 9.47 Å². The molecule has 0 radical (unpaired) electrons. The summed E-state index contributed by atoms with van der Waals surface area (Å²) in [5, 5.41) is 3.51. The molecule has 0 atom stereocenters. The molecular weight excluding hydrogens is 262 g/mol. The van der Waals surface area contributed by atoms with E-state index in [1.54, 1.807) is 7.11 Å². The van der Waals surface area contributed by atoms with Gasteiger partial charge in [0.05, 0.1) is 13.7 Å². The minimum absolute atomic E-state index is 0.126. The van der Waals surface area contributed by atoms with Crippen LogP contribution in [-0.2, 0) is 17.9 Å². The molecule has 0 amide bonds. The van der Waals surface area contributed by atoms with Crippen molar-refractivity contribution >= 4 is 0 Å². The summed E-state index contributed by atoms with van der Waals surface area (Å²) in [6, 6.07) is 6.35. The Morgan fingerprint density at radius 2 is 2.00 bits per heavy atom. The van der Waals surface area contributed by atoms with Crippen LogP contribution >= 0.6 is 0 Å². The number of methoxy groups -OCH3 is 1. The summed E-state index contributed by atoms with van der Waals surface area (Å²) in [6.45, 7) is 8.90. The summed E-state index contributed by atoms with van der Waals surface area (Å²) in [6.07, 6.45) is 3.98. The number of hydrogen-bond acceptors (Lipinski definition) is 3. The van der Waals surface area contributed by atoms with Gasteiger partial charge in [0, 0.05) is 24.3 Å². The zero-order valence-electron chi connectivity index (χ0n) is 13.9. The SMILES string of the molecule is COc1ccc(CNC(C)(C)C)cc1COCCC1CC1. The van der Waals surface area contributed by atoms with E-state index in [1.807, 2.05) is 6.07 Å². The lowest BCUT2D eigenvalue weighted by Gasteiger charge is -2.21. The van der Waals surface area contributed by atoms with Crippen molar-refractivity contribution in [2.75, 3.05) is 13.7 Å².